The van der Waals surface area contributed by atoms with Crippen molar-refractivity contribution in [3.05, 3.63) is 71.8 Å². The second kappa shape index (κ2) is 12.0. The van der Waals surface area contributed by atoms with Gasteiger partial charge in [-0.3, -0.25) is 9.59 Å². The minimum atomic E-state index is 0.225. The SMILES string of the molecule is O=C(CCCCC(c1ccccc1)c1ccccc1)N1CCN(C(=O)C2CCCCC2)CC1. The average Bonchev–Trinajstić information content (AvgIpc) is 2.90. The molecule has 2 aromatic carbocycles. The predicted molar refractivity (Wildman–Crippen MR) is 133 cm³/mol. The lowest BCUT2D eigenvalue weighted by molar-refractivity contribution is -0.142. The molecule has 0 radical (unpaired) electrons. The second-order valence-corrected chi connectivity index (χ2v) is 9.66. The molecule has 2 amide bonds. The van der Waals surface area contributed by atoms with Gasteiger partial charge in [0.2, 0.25) is 11.8 Å². The molecular formula is C29H38N2O2. The van der Waals surface area contributed by atoms with Gasteiger partial charge in [0.05, 0.1) is 0 Å². The third-order valence-corrected chi connectivity index (χ3v) is 7.44. The maximum Gasteiger partial charge on any atom is 0.225 e. The van der Waals surface area contributed by atoms with Crippen molar-refractivity contribution in [2.24, 2.45) is 5.92 Å². The van der Waals surface area contributed by atoms with E-state index in [9.17, 15) is 9.59 Å². The fourth-order valence-corrected chi connectivity index (χ4v) is 5.46. The first kappa shape index (κ1) is 23.5. The number of piperazine rings is 1. The molecule has 0 atom stereocenters. The van der Waals surface area contributed by atoms with Gasteiger partial charge in [-0.25, -0.2) is 0 Å². The summed E-state index contributed by atoms with van der Waals surface area (Å²) in [6, 6.07) is 21.4. The molecular weight excluding hydrogens is 408 g/mol. The van der Waals surface area contributed by atoms with E-state index >= 15 is 0 Å². The summed E-state index contributed by atoms with van der Waals surface area (Å²) in [4.78, 5) is 29.5. The molecule has 1 saturated carbocycles. The number of hydrogen-bond donors (Lipinski definition) is 0. The van der Waals surface area contributed by atoms with E-state index in [1.807, 2.05) is 9.80 Å². The molecule has 0 bridgehead atoms. The molecule has 2 aromatic rings. The maximum atomic E-state index is 12.8. The predicted octanol–water partition coefficient (Wildman–Crippen LogP) is 5.63. The number of hydrogen-bond acceptors (Lipinski definition) is 2. The van der Waals surface area contributed by atoms with Gasteiger partial charge >= 0.3 is 0 Å². The van der Waals surface area contributed by atoms with Crippen LogP contribution in [0.3, 0.4) is 0 Å². The Labute approximate surface area is 199 Å². The Kier molecular flexibility index (Phi) is 8.57. The fraction of sp³-hybridized carbons (Fsp3) is 0.517. The van der Waals surface area contributed by atoms with Gasteiger partial charge in [-0.05, 0) is 36.8 Å². The molecule has 0 N–H and O–H groups in total. The standard InChI is InChI=1S/C29H38N2O2/c32-28(30-20-22-31(23-21-30)29(33)26-16-8-3-9-17-26)19-11-10-18-27(24-12-4-1-5-13-24)25-14-6-2-7-15-25/h1-2,4-7,12-15,26-27H,3,8-11,16-23H2. The molecule has 0 spiro atoms. The fourth-order valence-electron chi connectivity index (χ4n) is 5.46. The molecule has 1 heterocycles. The molecule has 33 heavy (non-hydrogen) atoms. The van der Waals surface area contributed by atoms with E-state index in [0.29, 0.717) is 44.4 Å². The van der Waals surface area contributed by atoms with Crippen LogP contribution >= 0.6 is 0 Å². The summed E-state index contributed by atoms with van der Waals surface area (Å²) in [5, 5.41) is 0. The molecule has 0 aromatic heterocycles. The molecule has 1 aliphatic carbocycles. The molecule has 0 unspecified atom stereocenters. The third-order valence-electron chi connectivity index (χ3n) is 7.44. The van der Waals surface area contributed by atoms with Crippen molar-refractivity contribution in [2.75, 3.05) is 26.2 Å². The Balaban J connectivity index is 1.21. The minimum absolute atomic E-state index is 0.225. The lowest BCUT2D eigenvalue weighted by atomic mass is 9.87. The van der Waals surface area contributed by atoms with Crippen LogP contribution < -0.4 is 0 Å². The van der Waals surface area contributed by atoms with Crippen molar-refractivity contribution in [1.82, 2.24) is 9.80 Å². The van der Waals surface area contributed by atoms with Gasteiger partial charge in [-0.2, -0.15) is 0 Å². The minimum Gasteiger partial charge on any atom is -0.339 e. The summed E-state index contributed by atoms with van der Waals surface area (Å²) in [5.74, 6) is 1.17. The first-order chi connectivity index (χ1) is 16.2. The van der Waals surface area contributed by atoms with Gasteiger partial charge < -0.3 is 9.80 Å². The highest BCUT2D eigenvalue weighted by molar-refractivity contribution is 5.80. The highest BCUT2D eigenvalue weighted by atomic mass is 16.2. The second-order valence-electron chi connectivity index (χ2n) is 9.66. The van der Waals surface area contributed by atoms with Gasteiger partial charge in [0.1, 0.15) is 0 Å². The maximum absolute atomic E-state index is 12.8. The Bertz CT molecular complexity index is 830. The van der Waals surface area contributed by atoms with Crippen LogP contribution in [0.5, 0.6) is 0 Å². The summed E-state index contributed by atoms with van der Waals surface area (Å²) >= 11 is 0. The highest BCUT2D eigenvalue weighted by Gasteiger charge is 2.29. The Morgan fingerprint density at radius 1 is 0.727 bits per heavy atom. The number of unbranched alkanes of at least 4 members (excludes halogenated alkanes) is 1. The van der Waals surface area contributed by atoms with Gasteiger partial charge in [-0.15, -0.1) is 0 Å². The quantitative estimate of drug-likeness (QED) is 0.493. The first-order valence-electron chi connectivity index (χ1n) is 12.9. The smallest absolute Gasteiger partial charge is 0.225 e. The van der Waals surface area contributed by atoms with Crippen molar-refractivity contribution < 1.29 is 9.59 Å². The zero-order chi connectivity index (χ0) is 22.9. The largest absolute Gasteiger partial charge is 0.339 e. The Hall–Kier alpha value is -2.62. The van der Waals surface area contributed by atoms with E-state index in [1.54, 1.807) is 0 Å². The third kappa shape index (κ3) is 6.46. The van der Waals surface area contributed by atoms with E-state index in [1.165, 1.54) is 30.4 Å². The Morgan fingerprint density at radius 3 is 1.85 bits per heavy atom. The van der Waals surface area contributed by atoms with Gasteiger partial charge in [0.25, 0.3) is 0 Å². The molecule has 4 heteroatoms. The van der Waals surface area contributed by atoms with Crippen LogP contribution in [-0.2, 0) is 9.59 Å². The molecule has 4 nitrogen and oxygen atoms in total. The Morgan fingerprint density at radius 2 is 1.27 bits per heavy atom. The van der Waals surface area contributed by atoms with Gasteiger partial charge in [0.15, 0.2) is 0 Å². The van der Waals surface area contributed by atoms with Crippen molar-refractivity contribution in [3.8, 4) is 0 Å². The van der Waals surface area contributed by atoms with Crippen LogP contribution in [0.15, 0.2) is 60.7 Å². The van der Waals surface area contributed by atoms with Gasteiger partial charge in [0, 0.05) is 44.4 Å². The summed E-state index contributed by atoms with van der Waals surface area (Å²) in [6.45, 7) is 2.78. The van der Waals surface area contributed by atoms with Crippen molar-refractivity contribution in [2.45, 2.75) is 63.7 Å². The summed E-state index contributed by atoms with van der Waals surface area (Å²) in [5.41, 5.74) is 2.68. The summed E-state index contributed by atoms with van der Waals surface area (Å²) < 4.78 is 0. The molecule has 176 valence electrons. The van der Waals surface area contributed by atoms with Crippen LogP contribution in [0.2, 0.25) is 0 Å². The highest BCUT2D eigenvalue weighted by Crippen LogP contribution is 2.30. The molecule has 2 aliphatic rings. The van der Waals surface area contributed by atoms with Crippen LogP contribution in [0.1, 0.15) is 74.8 Å². The average molecular weight is 447 g/mol. The normalized spacial score (nSPS) is 17.4. The van der Waals surface area contributed by atoms with Crippen LogP contribution in [0.25, 0.3) is 0 Å². The summed E-state index contributed by atoms with van der Waals surface area (Å²) in [7, 11) is 0. The zero-order valence-electron chi connectivity index (χ0n) is 19.8. The summed E-state index contributed by atoms with van der Waals surface area (Å²) in [6.07, 6.45) is 9.32. The van der Waals surface area contributed by atoms with E-state index < -0.39 is 0 Å². The number of benzene rings is 2. The van der Waals surface area contributed by atoms with Crippen LogP contribution in [0.4, 0.5) is 0 Å². The lowest BCUT2D eigenvalue weighted by Crippen LogP contribution is -2.52. The van der Waals surface area contributed by atoms with Crippen LogP contribution in [0, 0.1) is 5.92 Å². The monoisotopic (exact) mass is 446 g/mol. The van der Waals surface area contributed by atoms with Crippen LogP contribution in [-0.4, -0.2) is 47.8 Å². The van der Waals surface area contributed by atoms with E-state index in [0.717, 1.165) is 32.1 Å². The zero-order valence-corrected chi connectivity index (χ0v) is 19.8. The molecule has 2 fully saturated rings. The number of rotatable bonds is 8. The number of carbonyl (C=O) groups is 2. The van der Waals surface area contributed by atoms with Crippen molar-refractivity contribution in [3.63, 3.8) is 0 Å². The number of amides is 2. The van der Waals surface area contributed by atoms with E-state index in [2.05, 4.69) is 60.7 Å². The molecule has 1 saturated heterocycles. The van der Waals surface area contributed by atoms with Crippen molar-refractivity contribution in [1.29, 1.82) is 0 Å². The lowest BCUT2D eigenvalue weighted by Gasteiger charge is -2.37. The number of nitrogens with zero attached hydrogens (tertiary/aromatic N) is 2. The topological polar surface area (TPSA) is 40.6 Å². The van der Waals surface area contributed by atoms with E-state index in [-0.39, 0.29) is 11.8 Å². The first-order valence-corrected chi connectivity index (χ1v) is 12.9. The number of carbonyl (C=O) groups excluding carboxylic acids is 2. The van der Waals surface area contributed by atoms with Gasteiger partial charge in [-0.1, -0.05) is 86.3 Å². The molecule has 4 rings (SSSR count). The van der Waals surface area contributed by atoms with E-state index in [4.69, 9.17) is 0 Å². The van der Waals surface area contributed by atoms with Crippen molar-refractivity contribution >= 4 is 11.8 Å². The molecule has 1 aliphatic heterocycles.